The molecule has 0 spiro atoms. The van der Waals surface area contributed by atoms with E-state index in [9.17, 15) is 4.79 Å². The van der Waals surface area contributed by atoms with Crippen molar-refractivity contribution in [1.29, 1.82) is 0 Å². The van der Waals surface area contributed by atoms with Crippen LogP contribution >= 0.6 is 23.2 Å². The maximum Gasteiger partial charge on any atom is 0.255 e. The maximum atomic E-state index is 12.3. The lowest BCUT2D eigenvalue weighted by Gasteiger charge is -2.25. The van der Waals surface area contributed by atoms with Crippen LogP contribution in [0.2, 0.25) is 10.0 Å². The zero-order valence-electron chi connectivity index (χ0n) is 10.6. The van der Waals surface area contributed by atoms with Gasteiger partial charge in [-0.1, -0.05) is 28.4 Å². The summed E-state index contributed by atoms with van der Waals surface area (Å²) in [5, 5.41) is 12.2. The third kappa shape index (κ3) is 4.01. The Kier molecular flexibility index (Phi) is 5.44. The fourth-order valence-electron chi connectivity index (χ4n) is 1.53. The van der Waals surface area contributed by atoms with Crippen molar-refractivity contribution in [3.05, 3.63) is 33.8 Å². The number of oxime groups is 1. The molecule has 1 amide bonds. The average molecular weight is 304 g/mol. The lowest BCUT2D eigenvalue weighted by Crippen LogP contribution is -2.37. The zero-order valence-corrected chi connectivity index (χ0v) is 12.1. The number of amides is 1. The smallest absolute Gasteiger partial charge is 0.255 e. The molecule has 0 aliphatic rings. The first-order valence-corrected chi connectivity index (χ1v) is 6.31. The predicted molar refractivity (Wildman–Crippen MR) is 76.0 cm³/mol. The van der Waals surface area contributed by atoms with Crippen LogP contribution in [0.15, 0.2) is 23.4 Å². The van der Waals surface area contributed by atoms with Crippen LogP contribution in [0.25, 0.3) is 0 Å². The van der Waals surface area contributed by atoms with Gasteiger partial charge >= 0.3 is 0 Å². The second-order valence-electron chi connectivity index (χ2n) is 4.18. The van der Waals surface area contributed by atoms with Crippen LogP contribution in [0, 0.1) is 0 Å². The summed E-state index contributed by atoms with van der Waals surface area (Å²) in [5.74, 6) is -0.213. The van der Waals surface area contributed by atoms with Crippen molar-refractivity contribution in [2.45, 2.75) is 19.4 Å². The summed E-state index contributed by atoms with van der Waals surface area (Å²) >= 11 is 11.8. The second-order valence-corrected chi connectivity index (χ2v) is 5.03. The van der Waals surface area contributed by atoms with Crippen LogP contribution in [-0.4, -0.2) is 34.9 Å². The molecule has 3 N–H and O–H groups in total. The molecule has 1 atom stereocenters. The molecule has 0 fully saturated rings. The van der Waals surface area contributed by atoms with E-state index in [0.29, 0.717) is 15.6 Å². The van der Waals surface area contributed by atoms with Gasteiger partial charge in [0.2, 0.25) is 0 Å². The van der Waals surface area contributed by atoms with E-state index < -0.39 is 0 Å². The zero-order chi connectivity index (χ0) is 14.6. The fraction of sp³-hybridized carbons (Fsp3) is 0.333. The van der Waals surface area contributed by atoms with Gasteiger partial charge < -0.3 is 15.8 Å². The Morgan fingerprint density at radius 3 is 2.74 bits per heavy atom. The summed E-state index contributed by atoms with van der Waals surface area (Å²) in [7, 11) is 1.62. The van der Waals surface area contributed by atoms with Gasteiger partial charge in [-0.15, -0.1) is 0 Å². The van der Waals surface area contributed by atoms with Crippen molar-refractivity contribution in [3.63, 3.8) is 0 Å². The molecule has 7 heteroatoms. The Hall–Kier alpha value is -1.46. The van der Waals surface area contributed by atoms with E-state index in [1.165, 1.54) is 11.0 Å². The molecule has 0 aliphatic heterocycles. The molecule has 19 heavy (non-hydrogen) atoms. The van der Waals surface area contributed by atoms with Crippen LogP contribution in [0.1, 0.15) is 23.7 Å². The van der Waals surface area contributed by atoms with Gasteiger partial charge in [0.05, 0.1) is 10.6 Å². The minimum absolute atomic E-state index is 0.0596. The van der Waals surface area contributed by atoms with E-state index in [1.54, 1.807) is 26.1 Å². The molecule has 5 nitrogen and oxygen atoms in total. The monoisotopic (exact) mass is 303 g/mol. The van der Waals surface area contributed by atoms with Crippen LogP contribution in [0.4, 0.5) is 0 Å². The number of hydrogen-bond donors (Lipinski definition) is 2. The number of nitrogens with zero attached hydrogens (tertiary/aromatic N) is 2. The van der Waals surface area contributed by atoms with Crippen molar-refractivity contribution in [3.8, 4) is 0 Å². The van der Waals surface area contributed by atoms with Crippen LogP contribution < -0.4 is 5.73 Å². The lowest BCUT2D eigenvalue weighted by atomic mass is 10.1. The van der Waals surface area contributed by atoms with Gasteiger partial charge in [0.1, 0.15) is 5.84 Å². The lowest BCUT2D eigenvalue weighted by molar-refractivity contribution is 0.0747. The summed E-state index contributed by atoms with van der Waals surface area (Å²) in [6, 6.07) is 4.46. The van der Waals surface area contributed by atoms with Crippen molar-refractivity contribution >= 4 is 34.9 Å². The Morgan fingerprint density at radius 1 is 1.53 bits per heavy atom. The molecule has 104 valence electrons. The topological polar surface area (TPSA) is 78.9 Å². The highest BCUT2D eigenvalue weighted by atomic mass is 35.5. The number of nitrogens with two attached hydrogens (primary N) is 1. The first kappa shape index (κ1) is 15.6. The normalized spacial score (nSPS) is 13.2. The SMILES string of the molecule is CC(CC(N)=NO)N(C)C(=O)c1cc(Cl)ccc1Cl. The van der Waals surface area contributed by atoms with E-state index in [2.05, 4.69) is 5.16 Å². The van der Waals surface area contributed by atoms with Crippen molar-refractivity contribution in [1.82, 2.24) is 4.90 Å². The van der Waals surface area contributed by atoms with Gasteiger partial charge in [-0.3, -0.25) is 4.79 Å². The first-order valence-electron chi connectivity index (χ1n) is 5.55. The molecule has 0 saturated heterocycles. The number of amidine groups is 1. The minimum Gasteiger partial charge on any atom is -0.409 e. The van der Waals surface area contributed by atoms with Crippen LogP contribution in [0.3, 0.4) is 0 Å². The molecular formula is C12H15Cl2N3O2. The molecule has 1 aromatic rings. The Labute approximate surface area is 121 Å². The van der Waals surface area contributed by atoms with Crippen molar-refractivity contribution in [2.24, 2.45) is 10.9 Å². The molecule has 0 bridgehead atoms. The second kappa shape index (κ2) is 6.63. The van der Waals surface area contributed by atoms with Gasteiger partial charge in [-0.2, -0.15) is 0 Å². The van der Waals surface area contributed by atoms with E-state index >= 15 is 0 Å². The largest absolute Gasteiger partial charge is 0.409 e. The number of rotatable bonds is 4. The average Bonchev–Trinajstić information content (AvgIpc) is 2.39. The van der Waals surface area contributed by atoms with Gasteiger partial charge in [0, 0.05) is 24.5 Å². The van der Waals surface area contributed by atoms with Gasteiger partial charge in [-0.25, -0.2) is 0 Å². The van der Waals surface area contributed by atoms with Gasteiger partial charge in [0.15, 0.2) is 0 Å². The highest BCUT2D eigenvalue weighted by Crippen LogP contribution is 2.22. The first-order chi connectivity index (χ1) is 8.86. The number of carbonyl (C=O) groups is 1. The molecule has 1 rings (SSSR count). The molecule has 0 aliphatic carbocycles. The standard InChI is InChI=1S/C12H15Cl2N3O2/c1-7(5-11(15)16-19)17(2)12(18)9-6-8(13)3-4-10(9)14/h3-4,6-7,19H,5H2,1-2H3,(H2,15,16). The third-order valence-corrected chi connectivity index (χ3v) is 3.34. The maximum absolute atomic E-state index is 12.3. The predicted octanol–water partition coefficient (Wildman–Crippen LogP) is 2.59. The number of halogens is 2. The quantitative estimate of drug-likeness (QED) is 0.388. The minimum atomic E-state index is -0.272. The molecule has 0 heterocycles. The van der Waals surface area contributed by atoms with Crippen molar-refractivity contribution < 1.29 is 10.0 Å². The number of benzene rings is 1. The van der Waals surface area contributed by atoms with Crippen LogP contribution in [0.5, 0.6) is 0 Å². The summed E-state index contributed by atoms with van der Waals surface area (Å²) in [4.78, 5) is 13.7. The molecule has 0 saturated carbocycles. The Bertz CT molecular complexity index is 506. The summed E-state index contributed by atoms with van der Waals surface area (Å²) in [6.07, 6.45) is 0.261. The Morgan fingerprint density at radius 2 is 2.16 bits per heavy atom. The number of hydrogen-bond acceptors (Lipinski definition) is 3. The third-order valence-electron chi connectivity index (χ3n) is 2.77. The molecule has 0 radical (unpaired) electrons. The highest BCUT2D eigenvalue weighted by Gasteiger charge is 2.20. The van der Waals surface area contributed by atoms with Gasteiger partial charge in [0.25, 0.3) is 5.91 Å². The molecule has 1 unspecified atom stereocenters. The summed E-state index contributed by atoms with van der Waals surface area (Å²) in [5.41, 5.74) is 5.74. The van der Waals surface area contributed by atoms with Gasteiger partial charge in [-0.05, 0) is 25.1 Å². The Balaban J connectivity index is 2.90. The van der Waals surface area contributed by atoms with E-state index in [-0.39, 0.29) is 24.2 Å². The summed E-state index contributed by atoms with van der Waals surface area (Å²) < 4.78 is 0. The van der Waals surface area contributed by atoms with E-state index in [1.807, 2.05) is 0 Å². The summed E-state index contributed by atoms with van der Waals surface area (Å²) in [6.45, 7) is 1.79. The van der Waals surface area contributed by atoms with E-state index in [4.69, 9.17) is 34.1 Å². The molecule has 1 aromatic carbocycles. The number of carbonyl (C=O) groups excluding carboxylic acids is 1. The van der Waals surface area contributed by atoms with E-state index in [0.717, 1.165) is 0 Å². The molecular weight excluding hydrogens is 289 g/mol. The highest BCUT2D eigenvalue weighted by molar-refractivity contribution is 6.35. The van der Waals surface area contributed by atoms with Crippen molar-refractivity contribution in [2.75, 3.05) is 7.05 Å². The fourth-order valence-corrected chi connectivity index (χ4v) is 1.90. The molecule has 0 aromatic heterocycles. The van der Waals surface area contributed by atoms with Crippen LogP contribution in [-0.2, 0) is 0 Å².